The minimum absolute atomic E-state index is 0.733. The highest BCUT2D eigenvalue weighted by Gasteiger charge is 2.06. The first-order valence-corrected chi connectivity index (χ1v) is 4.50. The third-order valence-electron chi connectivity index (χ3n) is 2.13. The molecule has 3 aromatic heterocycles. The highest BCUT2D eigenvalue weighted by molar-refractivity contribution is 5.57. The number of fused-ring (bicyclic) bond motifs is 1. The molecule has 5 heteroatoms. The first-order chi connectivity index (χ1) is 7.45. The molecule has 0 aromatic carbocycles. The summed E-state index contributed by atoms with van der Waals surface area (Å²) in [7, 11) is 0. The Morgan fingerprint density at radius 1 is 1.00 bits per heavy atom. The Kier molecular flexibility index (Phi) is 1.68. The molecule has 0 saturated carbocycles. The van der Waals surface area contributed by atoms with E-state index in [0.29, 0.717) is 0 Å². The van der Waals surface area contributed by atoms with Crippen molar-refractivity contribution in [2.24, 2.45) is 0 Å². The Hall–Kier alpha value is -2.30. The van der Waals surface area contributed by atoms with Gasteiger partial charge in [-0.1, -0.05) is 0 Å². The molecular formula is C10H7N5. The quantitative estimate of drug-likeness (QED) is 0.588. The average molecular weight is 197 g/mol. The van der Waals surface area contributed by atoms with Crippen LogP contribution in [0.2, 0.25) is 0 Å². The van der Waals surface area contributed by atoms with E-state index in [4.69, 9.17) is 0 Å². The highest BCUT2D eigenvalue weighted by Crippen LogP contribution is 2.15. The topological polar surface area (TPSA) is 56.0 Å². The van der Waals surface area contributed by atoms with Crippen molar-refractivity contribution in [1.29, 1.82) is 0 Å². The zero-order valence-corrected chi connectivity index (χ0v) is 7.78. The lowest BCUT2D eigenvalue weighted by atomic mass is 10.3. The lowest BCUT2D eigenvalue weighted by Gasteiger charge is -1.97. The van der Waals surface area contributed by atoms with Crippen LogP contribution in [0.25, 0.3) is 17.0 Å². The summed E-state index contributed by atoms with van der Waals surface area (Å²) in [4.78, 5) is 8.03. The lowest BCUT2D eigenvalue weighted by molar-refractivity contribution is 1.10. The van der Waals surface area contributed by atoms with E-state index in [0.717, 1.165) is 17.0 Å². The van der Waals surface area contributed by atoms with Crippen LogP contribution in [0.5, 0.6) is 0 Å². The van der Waals surface area contributed by atoms with Crippen LogP contribution in [0.3, 0.4) is 0 Å². The Morgan fingerprint density at radius 2 is 1.93 bits per heavy atom. The van der Waals surface area contributed by atoms with Crippen molar-refractivity contribution >= 4 is 5.65 Å². The van der Waals surface area contributed by atoms with Gasteiger partial charge < -0.3 is 0 Å². The first kappa shape index (κ1) is 8.05. The van der Waals surface area contributed by atoms with Gasteiger partial charge in [-0.2, -0.15) is 0 Å². The zero-order chi connectivity index (χ0) is 10.1. The SMILES string of the molecule is c1cncc(-c2nnc3cnccn23)c1. The highest BCUT2D eigenvalue weighted by atomic mass is 15.2. The minimum atomic E-state index is 0.733. The summed E-state index contributed by atoms with van der Waals surface area (Å²) in [5.41, 5.74) is 1.67. The number of pyridine rings is 1. The summed E-state index contributed by atoms with van der Waals surface area (Å²) < 4.78 is 1.88. The van der Waals surface area contributed by atoms with E-state index in [1.54, 1.807) is 24.8 Å². The molecule has 0 amide bonds. The van der Waals surface area contributed by atoms with E-state index in [1.807, 2.05) is 22.7 Å². The number of nitrogens with zero attached hydrogens (tertiary/aromatic N) is 5. The monoisotopic (exact) mass is 197 g/mol. The maximum atomic E-state index is 4.10. The van der Waals surface area contributed by atoms with Gasteiger partial charge in [0.05, 0.1) is 6.20 Å². The Bertz CT molecular complexity index is 587. The largest absolute Gasteiger partial charge is 0.280 e. The van der Waals surface area contributed by atoms with Gasteiger partial charge in [0.1, 0.15) is 0 Å². The molecule has 0 N–H and O–H groups in total. The molecule has 0 bridgehead atoms. The van der Waals surface area contributed by atoms with Crippen LogP contribution >= 0.6 is 0 Å². The van der Waals surface area contributed by atoms with Crippen LogP contribution in [0, 0.1) is 0 Å². The van der Waals surface area contributed by atoms with Gasteiger partial charge in [-0.3, -0.25) is 14.4 Å². The number of rotatable bonds is 1. The molecule has 15 heavy (non-hydrogen) atoms. The lowest BCUT2D eigenvalue weighted by Crippen LogP contribution is -1.89. The number of hydrogen-bond donors (Lipinski definition) is 0. The van der Waals surface area contributed by atoms with Crippen LogP contribution in [-0.4, -0.2) is 24.6 Å². The fourth-order valence-corrected chi connectivity index (χ4v) is 1.45. The average Bonchev–Trinajstić information content (AvgIpc) is 2.74. The second kappa shape index (κ2) is 3.13. The van der Waals surface area contributed by atoms with Crippen molar-refractivity contribution in [2.45, 2.75) is 0 Å². The van der Waals surface area contributed by atoms with Gasteiger partial charge in [-0.25, -0.2) is 0 Å². The van der Waals surface area contributed by atoms with Crippen LogP contribution in [-0.2, 0) is 0 Å². The van der Waals surface area contributed by atoms with E-state index < -0.39 is 0 Å². The van der Waals surface area contributed by atoms with Gasteiger partial charge in [-0.15, -0.1) is 10.2 Å². The smallest absolute Gasteiger partial charge is 0.179 e. The molecule has 3 aromatic rings. The van der Waals surface area contributed by atoms with Crippen molar-refractivity contribution < 1.29 is 0 Å². The Labute approximate surface area is 85.5 Å². The molecule has 0 unspecified atom stereocenters. The van der Waals surface area contributed by atoms with Gasteiger partial charge in [0, 0.05) is 30.4 Å². The summed E-state index contributed by atoms with van der Waals surface area (Å²) in [5, 5.41) is 8.12. The molecule has 72 valence electrons. The summed E-state index contributed by atoms with van der Waals surface area (Å²) in [6.45, 7) is 0. The molecule has 5 nitrogen and oxygen atoms in total. The van der Waals surface area contributed by atoms with E-state index in [9.17, 15) is 0 Å². The minimum Gasteiger partial charge on any atom is -0.280 e. The zero-order valence-electron chi connectivity index (χ0n) is 7.78. The molecule has 0 aliphatic heterocycles. The second-order valence-corrected chi connectivity index (χ2v) is 3.07. The molecule has 0 radical (unpaired) electrons. The second-order valence-electron chi connectivity index (χ2n) is 3.07. The molecule has 3 heterocycles. The molecule has 0 saturated heterocycles. The molecule has 0 aliphatic rings. The van der Waals surface area contributed by atoms with E-state index in [1.165, 1.54) is 0 Å². The van der Waals surface area contributed by atoms with Gasteiger partial charge in [0.2, 0.25) is 0 Å². The third-order valence-corrected chi connectivity index (χ3v) is 2.13. The molecule has 3 rings (SSSR count). The van der Waals surface area contributed by atoms with Crippen LogP contribution in [0.1, 0.15) is 0 Å². The van der Waals surface area contributed by atoms with Crippen molar-refractivity contribution in [3.8, 4) is 11.4 Å². The number of hydrogen-bond acceptors (Lipinski definition) is 4. The van der Waals surface area contributed by atoms with Gasteiger partial charge in [-0.05, 0) is 12.1 Å². The van der Waals surface area contributed by atoms with Crippen molar-refractivity contribution in [3.05, 3.63) is 43.1 Å². The van der Waals surface area contributed by atoms with Crippen LogP contribution in [0.4, 0.5) is 0 Å². The maximum absolute atomic E-state index is 4.10. The summed E-state index contributed by atoms with van der Waals surface area (Å²) >= 11 is 0. The number of aromatic nitrogens is 5. The Balaban J connectivity index is 2.28. The van der Waals surface area contributed by atoms with Crippen LogP contribution < -0.4 is 0 Å². The third kappa shape index (κ3) is 1.25. The summed E-state index contributed by atoms with van der Waals surface area (Å²) in [6, 6.07) is 3.82. The van der Waals surface area contributed by atoms with Crippen molar-refractivity contribution in [3.63, 3.8) is 0 Å². The maximum Gasteiger partial charge on any atom is 0.179 e. The fourth-order valence-electron chi connectivity index (χ4n) is 1.45. The predicted octanol–water partition coefficient (Wildman–Crippen LogP) is 1.19. The van der Waals surface area contributed by atoms with E-state index >= 15 is 0 Å². The molecular weight excluding hydrogens is 190 g/mol. The van der Waals surface area contributed by atoms with Gasteiger partial charge in [0.15, 0.2) is 11.5 Å². The van der Waals surface area contributed by atoms with E-state index in [-0.39, 0.29) is 0 Å². The predicted molar refractivity (Wildman–Crippen MR) is 54.0 cm³/mol. The van der Waals surface area contributed by atoms with Crippen molar-refractivity contribution in [1.82, 2.24) is 24.6 Å². The molecule has 0 fully saturated rings. The molecule has 0 spiro atoms. The van der Waals surface area contributed by atoms with Gasteiger partial charge >= 0.3 is 0 Å². The standard InChI is InChI=1S/C10H7N5/c1-2-8(6-11-3-1)10-14-13-9-7-12-4-5-15(9)10/h1-7H. The van der Waals surface area contributed by atoms with Gasteiger partial charge in [0.25, 0.3) is 0 Å². The first-order valence-electron chi connectivity index (χ1n) is 4.50. The Morgan fingerprint density at radius 3 is 2.80 bits per heavy atom. The summed E-state index contributed by atoms with van der Waals surface area (Å²) in [5.74, 6) is 0.778. The normalized spacial score (nSPS) is 10.7. The van der Waals surface area contributed by atoms with Crippen LogP contribution in [0.15, 0.2) is 43.1 Å². The molecule has 0 atom stereocenters. The molecule has 0 aliphatic carbocycles. The fraction of sp³-hybridized carbons (Fsp3) is 0. The summed E-state index contributed by atoms with van der Waals surface area (Å²) in [6.07, 6.45) is 8.70. The van der Waals surface area contributed by atoms with Crippen molar-refractivity contribution in [2.75, 3.05) is 0 Å². The van der Waals surface area contributed by atoms with E-state index in [2.05, 4.69) is 20.2 Å².